The summed E-state index contributed by atoms with van der Waals surface area (Å²) >= 11 is 11.8. The third-order valence-corrected chi connectivity index (χ3v) is 4.02. The molecule has 0 aliphatic heterocycles. The maximum Gasteiger partial charge on any atom is 0.417 e. The van der Waals surface area contributed by atoms with Crippen LogP contribution >= 0.6 is 23.2 Å². The Kier molecular flexibility index (Phi) is 5.29. The Labute approximate surface area is 161 Å². The maximum absolute atomic E-state index is 12.6. The van der Waals surface area contributed by atoms with Crippen LogP contribution in [0.15, 0.2) is 48.9 Å². The second-order valence-electron chi connectivity index (χ2n) is 5.27. The molecule has 10 heteroatoms. The van der Waals surface area contributed by atoms with Gasteiger partial charge in [0.2, 0.25) is 0 Å². The van der Waals surface area contributed by atoms with E-state index in [0.29, 0.717) is 28.5 Å². The van der Waals surface area contributed by atoms with E-state index in [1.54, 1.807) is 24.4 Å². The highest BCUT2D eigenvalue weighted by Gasteiger charge is 2.31. The summed E-state index contributed by atoms with van der Waals surface area (Å²) in [6.45, 7) is 0. The molecular formula is C17H9Cl2F3N4O. The third kappa shape index (κ3) is 4.35. The topological polar surface area (TPSA) is 67.8 Å². The van der Waals surface area contributed by atoms with Crippen molar-refractivity contribution >= 4 is 34.9 Å². The zero-order chi connectivity index (χ0) is 19.6. The molecule has 0 spiro atoms. The van der Waals surface area contributed by atoms with Crippen LogP contribution in [0, 0.1) is 0 Å². The second kappa shape index (κ2) is 7.50. The number of halogens is 5. The van der Waals surface area contributed by atoms with E-state index in [2.05, 4.69) is 20.3 Å². The fourth-order valence-electron chi connectivity index (χ4n) is 2.12. The highest BCUT2D eigenvalue weighted by atomic mass is 35.5. The van der Waals surface area contributed by atoms with Crippen molar-refractivity contribution in [2.45, 2.75) is 6.18 Å². The molecule has 0 fully saturated rings. The summed E-state index contributed by atoms with van der Waals surface area (Å²) in [6, 6.07) is 7.06. The minimum Gasteiger partial charge on any atom is -0.304 e. The first-order valence-corrected chi connectivity index (χ1v) is 8.12. The smallest absolute Gasteiger partial charge is 0.304 e. The van der Waals surface area contributed by atoms with Crippen LogP contribution in [-0.2, 0) is 6.18 Å². The quantitative estimate of drug-likeness (QED) is 0.648. The van der Waals surface area contributed by atoms with Gasteiger partial charge in [0.1, 0.15) is 5.69 Å². The average molecular weight is 413 g/mol. The summed E-state index contributed by atoms with van der Waals surface area (Å²) in [7, 11) is 0. The number of pyridine rings is 3. The number of alkyl halides is 3. The van der Waals surface area contributed by atoms with E-state index < -0.39 is 17.6 Å². The minimum atomic E-state index is -4.58. The van der Waals surface area contributed by atoms with E-state index in [-0.39, 0.29) is 16.5 Å². The van der Waals surface area contributed by atoms with Crippen molar-refractivity contribution in [1.29, 1.82) is 0 Å². The van der Waals surface area contributed by atoms with Gasteiger partial charge in [-0.1, -0.05) is 23.2 Å². The fraction of sp³-hybridized carbons (Fsp3) is 0.0588. The van der Waals surface area contributed by atoms with E-state index in [0.717, 1.165) is 0 Å². The Bertz CT molecular complexity index is 994. The number of rotatable bonds is 3. The lowest BCUT2D eigenvalue weighted by atomic mass is 10.1. The molecule has 1 N–H and O–H groups in total. The van der Waals surface area contributed by atoms with Crippen LogP contribution in [0.1, 0.15) is 16.1 Å². The standard InChI is InChI=1S/C17H9Cl2F3N4O/c18-11-2-1-5-23-14(11)9-3-4-13(24-7-9)16(27)26-15-12(19)6-10(8-25-15)17(20,21)22/h1-8H,(H,25,26,27). The first-order chi connectivity index (χ1) is 12.8. The molecule has 0 aromatic carbocycles. The Morgan fingerprint density at radius 2 is 1.78 bits per heavy atom. The van der Waals surface area contributed by atoms with Gasteiger partial charge < -0.3 is 5.32 Å². The van der Waals surface area contributed by atoms with Crippen LogP contribution < -0.4 is 5.32 Å². The summed E-state index contributed by atoms with van der Waals surface area (Å²) in [5, 5.41) is 2.41. The summed E-state index contributed by atoms with van der Waals surface area (Å²) < 4.78 is 37.9. The zero-order valence-electron chi connectivity index (χ0n) is 13.3. The number of aromatic nitrogens is 3. The van der Waals surface area contributed by atoms with Gasteiger partial charge in [-0.05, 0) is 30.3 Å². The molecule has 0 aliphatic rings. The Morgan fingerprint density at radius 3 is 2.37 bits per heavy atom. The molecule has 5 nitrogen and oxygen atoms in total. The largest absolute Gasteiger partial charge is 0.417 e. The van der Waals surface area contributed by atoms with Gasteiger partial charge in [-0.2, -0.15) is 13.2 Å². The minimum absolute atomic E-state index is 0.0172. The molecule has 0 unspecified atom stereocenters. The molecule has 3 rings (SSSR count). The van der Waals surface area contributed by atoms with Gasteiger partial charge in [-0.25, -0.2) is 4.98 Å². The Morgan fingerprint density at radius 1 is 1.00 bits per heavy atom. The monoisotopic (exact) mass is 412 g/mol. The molecule has 1 amide bonds. The van der Waals surface area contributed by atoms with Crippen LogP contribution in [0.4, 0.5) is 19.0 Å². The lowest BCUT2D eigenvalue weighted by Crippen LogP contribution is -2.15. The van der Waals surface area contributed by atoms with Gasteiger partial charge in [-0.15, -0.1) is 0 Å². The molecule has 0 aliphatic carbocycles. The van der Waals surface area contributed by atoms with Crippen LogP contribution in [0.3, 0.4) is 0 Å². The Balaban J connectivity index is 1.78. The molecule has 0 radical (unpaired) electrons. The zero-order valence-corrected chi connectivity index (χ0v) is 14.8. The lowest BCUT2D eigenvalue weighted by Gasteiger charge is -2.10. The predicted octanol–water partition coefficient (Wildman–Crippen LogP) is 5.12. The summed E-state index contributed by atoms with van der Waals surface area (Å²) in [5.41, 5.74) is 0.109. The van der Waals surface area contributed by atoms with Crippen LogP contribution in [0.5, 0.6) is 0 Å². The van der Waals surface area contributed by atoms with Gasteiger partial charge in [0.25, 0.3) is 5.91 Å². The van der Waals surface area contributed by atoms with E-state index >= 15 is 0 Å². The first-order valence-electron chi connectivity index (χ1n) is 7.37. The SMILES string of the molecule is O=C(Nc1ncc(C(F)(F)F)cc1Cl)c1ccc(-c2ncccc2Cl)cn1. The van der Waals surface area contributed by atoms with Crippen LogP contribution in [-0.4, -0.2) is 20.9 Å². The highest BCUT2D eigenvalue weighted by molar-refractivity contribution is 6.33. The molecule has 3 aromatic rings. The fourth-order valence-corrected chi connectivity index (χ4v) is 2.57. The van der Waals surface area contributed by atoms with E-state index in [1.807, 2.05) is 0 Å². The molecule has 0 atom stereocenters. The van der Waals surface area contributed by atoms with Gasteiger partial charge >= 0.3 is 6.18 Å². The highest BCUT2D eigenvalue weighted by Crippen LogP contribution is 2.32. The number of anilines is 1. The number of amides is 1. The predicted molar refractivity (Wildman–Crippen MR) is 94.7 cm³/mol. The van der Waals surface area contributed by atoms with Crippen molar-refractivity contribution in [1.82, 2.24) is 15.0 Å². The number of carbonyl (C=O) groups is 1. The summed E-state index contributed by atoms with van der Waals surface area (Å²) in [5.74, 6) is -0.879. The maximum atomic E-state index is 12.6. The molecule has 0 saturated heterocycles. The molecule has 27 heavy (non-hydrogen) atoms. The van der Waals surface area contributed by atoms with Gasteiger partial charge in [0.15, 0.2) is 5.82 Å². The van der Waals surface area contributed by atoms with Crippen molar-refractivity contribution < 1.29 is 18.0 Å². The number of hydrogen-bond acceptors (Lipinski definition) is 4. The summed E-state index contributed by atoms with van der Waals surface area (Å²) in [4.78, 5) is 23.9. The molecule has 0 bridgehead atoms. The number of carbonyl (C=O) groups excluding carboxylic acids is 1. The van der Waals surface area contributed by atoms with Crippen molar-refractivity contribution in [2.75, 3.05) is 5.32 Å². The van der Waals surface area contributed by atoms with E-state index in [4.69, 9.17) is 23.2 Å². The first kappa shape index (κ1) is 19.1. The van der Waals surface area contributed by atoms with E-state index in [1.165, 1.54) is 12.3 Å². The van der Waals surface area contributed by atoms with Crippen molar-refractivity contribution in [3.63, 3.8) is 0 Å². The van der Waals surface area contributed by atoms with E-state index in [9.17, 15) is 18.0 Å². The van der Waals surface area contributed by atoms with Gasteiger partial charge in [-0.3, -0.25) is 14.8 Å². The normalized spacial score (nSPS) is 11.3. The van der Waals surface area contributed by atoms with Crippen molar-refractivity contribution in [3.05, 3.63) is 70.2 Å². The molecule has 138 valence electrons. The number of nitrogens with one attached hydrogen (secondary N) is 1. The summed E-state index contributed by atoms with van der Waals surface area (Å²) in [6.07, 6.45) is -1.02. The van der Waals surface area contributed by atoms with Crippen LogP contribution in [0.2, 0.25) is 10.0 Å². The molecule has 3 aromatic heterocycles. The average Bonchev–Trinajstić information content (AvgIpc) is 2.63. The molecule has 0 saturated carbocycles. The third-order valence-electron chi connectivity index (χ3n) is 3.43. The van der Waals surface area contributed by atoms with Gasteiger partial charge in [0, 0.05) is 24.2 Å². The van der Waals surface area contributed by atoms with Crippen LogP contribution in [0.25, 0.3) is 11.3 Å². The van der Waals surface area contributed by atoms with Crippen molar-refractivity contribution in [3.8, 4) is 11.3 Å². The van der Waals surface area contributed by atoms with Crippen molar-refractivity contribution in [2.24, 2.45) is 0 Å². The van der Waals surface area contributed by atoms with Gasteiger partial charge in [0.05, 0.1) is 21.3 Å². The number of hydrogen-bond donors (Lipinski definition) is 1. The molecular weight excluding hydrogens is 404 g/mol. The second-order valence-corrected chi connectivity index (χ2v) is 6.09. The lowest BCUT2D eigenvalue weighted by molar-refractivity contribution is -0.137. The number of nitrogens with zero attached hydrogens (tertiary/aromatic N) is 3. The Hall–Kier alpha value is -2.71. The molecule has 3 heterocycles.